The van der Waals surface area contributed by atoms with Crippen LogP contribution in [-0.2, 0) is 12.8 Å². The molecule has 0 spiro atoms. The lowest BCUT2D eigenvalue weighted by Crippen LogP contribution is -1.89. The monoisotopic (exact) mass is 228 g/mol. The first-order chi connectivity index (χ1) is 5.66. The summed E-state index contributed by atoms with van der Waals surface area (Å²) in [7, 11) is 0. The van der Waals surface area contributed by atoms with E-state index in [1.807, 2.05) is 6.07 Å². The molecule has 0 saturated carbocycles. The molecule has 0 saturated heterocycles. The smallest absolute Gasteiger partial charge is 0.137 e. The van der Waals surface area contributed by atoms with E-state index in [0.717, 1.165) is 12.8 Å². The van der Waals surface area contributed by atoms with E-state index in [1.54, 1.807) is 6.07 Å². The molecule has 1 aliphatic carbocycles. The predicted molar refractivity (Wildman–Crippen MR) is 50.7 cm³/mol. The van der Waals surface area contributed by atoms with Gasteiger partial charge in [-0.05, 0) is 57.9 Å². The fraction of sp³-hybridized carbons (Fsp3) is 0.400. The molecule has 0 radical (unpaired) electrons. The first kappa shape index (κ1) is 8.24. The van der Waals surface area contributed by atoms with E-state index in [9.17, 15) is 4.39 Å². The zero-order chi connectivity index (χ0) is 8.72. The Morgan fingerprint density at radius 2 is 1.92 bits per heavy atom. The van der Waals surface area contributed by atoms with Gasteiger partial charge in [-0.15, -0.1) is 0 Å². The van der Waals surface area contributed by atoms with Gasteiger partial charge in [-0.1, -0.05) is 6.92 Å². The quantitative estimate of drug-likeness (QED) is 0.640. The van der Waals surface area contributed by atoms with Gasteiger partial charge in [0.2, 0.25) is 0 Å². The van der Waals surface area contributed by atoms with Crippen LogP contribution in [0.4, 0.5) is 4.39 Å². The number of hydrogen-bond donors (Lipinski definition) is 0. The van der Waals surface area contributed by atoms with Gasteiger partial charge in [0, 0.05) is 0 Å². The zero-order valence-corrected chi connectivity index (χ0v) is 8.49. The van der Waals surface area contributed by atoms with Gasteiger partial charge in [-0.25, -0.2) is 4.39 Å². The minimum absolute atomic E-state index is 0.136. The molecule has 2 rings (SSSR count). The van der Waals surface area contributed by atoms with Crippen molar-refractivity contribution in [2.24, 2.45) is 5.92 Å². The second-order valence-electron chi connectivity index (χ2n) is 3.55. The fourth-order valence-electron chi connectivity index (χ4n) is 1.83. The van der Waals surface area contributed by atoms with Crippen molar-refractivity contribution in [1.29, 1.82) is 0 Å². The van der Waals surface area contributed by atoms with Crippen LogP contribution in [0.1, 0.15) is 18.1 Å². The lowest BCUT2D eigenvalue weighted by Gasteiger charge is -1.99. The molecule has 0 aromatic heterocycles. The van der Waals surface area contributed by atoms with Gasteiger partial charge in [0.15, 0.2) is 0 Å². The van der Waals surface area contributed by atoms with Crippen molar-refractivity contribution >= 4 is 15.9 Å². The normalized spacial score (nSPS) is 21.1. The summed E-state index contributed by atoms with van der Waals surface area (Å²) in [5.41, 5.74) is 2.49. The van der Waals surface area contributed by atoms with Crippen LogP contribution in [0.15, 0.2) is 16.6 Å². The van der Waals surface area contributed by atoms with Crippen LogP contribution in [0.3, 0.4) is 0 Å². The Kier molecular flexibility index (Phi) is 1.95. The fourth-order valence-corrected chi connectivity index (χ4v) is 2.22. The Morgan fingerprint density at radius 3 is 2.58 bits per heavy atom. The Labute approximate surface area is 79.9 Å². The highest BCUT2D eigenvalue weighted by Crippen LogP contribution is 2.30. The third kappa shape index (κ3) is 1.28. The maximum atomic E-state index is 13.1. The van der Waals surface area contributed by atoms with Gasteiger partial charge in [0.05, 0.1) is 4.47 Å². The molecule has 1 aromatic rings. The summed E-state index contributed by atoms with van der Waals surface area (Å²) in [6.45, 7) is 2.20. The molecule has 0 aliphatic heterocycles. The SMILES string of the molecule is CC1Cc2cc(F)c(Br)cc2C1. The summed E-state index contributed by atoms with van der Waals surface area (Å²) in [6.07, 6.45) is 2.12. The van der Waals surface area contributed by atoms with E-state index in [-0.39, 0.29) is 5.82 Å². The van der Waals surface area contributed by atoms with Crippen LogP contribution in [-0.4, -0.2) is 0 Å². The minimum Gasteiger partial charge on any atom is -0.206 e. The maximum absolute atomic E-state index is 13.1. The topological polar surface area (TPSA) is 0 Å². The highest BCUT2D eigenvalue weighted by Gasteiger charge is 2.19. The summed E-state index contributed by atoms with van der Waals surface area (Å²) < 4.78 is 13.6. The molecule has 0 fully saturated rings. The Balaban J connectivity index is 2.48. The minimum atomic E-state index is -0.136. The van der Waals surface area contributed by atoms with Crippen LogP contribution >= 0.6 is 15.9 Å². The van der Waals surface area contributed by atoms with Crippen LogP contribution in [0.5, 0.6) is 0 Å². The Bertz CT molecular complexity index is 289. The molecule has 0 bridgehead atoms. The van der Waals surface area contributed by atoms with E-state index < -0.39 is 0 Å². The molecule has 1 aromatic carbocycles. The van der Waals surface area contributed by atoms with Gasteiger partial charge < -0.3 is 0 Å². The maximum Gasteiger partial charge on any atom is 0.137 e. The van der Waals surface area contributed by atoms with E-state index in [0.29, 0.717) is 10.4 Å². The van der Waals surface area contributed by atoms with Crippen molar-refractivity contribution < 1.29 is 4.39 Å². The van der Waals surface area contributed by atoms with Crippen molar-refractivity contribution in [1.82, 2.24) is 0 Å². The summed E-state index contributed by atoms with van der Waals surface area (Å²) in [5, 5.41) is 0. The predicted octanol–water partition coefficient (Wildman–Crippen LogP) is 3.32. The second-order valence-corrected chi connectivity index (χ2v) is 4.40. The molecule has 1 atom stereocenters. The average molecular weight is 229 g/mol. The molecule has 0 amide bonds. The lowest BCUT2D eigenvalue weighted by atomic mass is 10.1. The number of hydrogen-bond acceptors (Lipinski definition) is 0. The molecule has 0 heterocycles. The molecule has 0 nitrogen and oxygen atoms in total. The van der Waals surface area contributed by atoms with Crippen molar-refractivity contribution in [2.75, 3.05) is 0 Å². The number of fused-ring (bicyclic) bond motifs is 1. The molecule has 12 heavy (non-hydrogen) atoms. The van der Waals surface area contributed by atoms with E-state index in [2.05, 4.69) is 22.9 Å². The van der Waals surface area contributed by atoms with Crippen molar-refractivity contribution in [2.45, 2.75) is 19.8 Å². The van der Waals surface area contributed by atoms with Crippen molar-refractivity contribution in [3.63, 3.8) is 0 Å². The van der Waals surface area contributed by atoms with Crippen LogP contribution < -0.4 is 0 Å². The van der Waals surface area contributed by atoms with Crippen molar-refractivity contribution in [3.8, 4) is 0 Å². The van der Waals surface area contributed by atoms with E-state index >= 15 is 0 Å². The number of rotatable bonds is 0. The summed E-state index contributed by atoms with van der Waals surface area (Å²) in [4.78, 5) is 0. The largest absolute Gasteiger partial charge is 0.206 e. The van der Waals surface area contributed by atoms with Crippen LogP contribution in [0, 0.1) is 11.7 Å². The summed E-state index contributed by atoms with van der Waals surface area (Å²) in [5.74, 6) is 0.538. The Morgan fingerprint density at radius 1 is 1.33 bits per heavy atom. The third-order valence-corrected chi connectivity index (χ3v) is 2.99. The van der Waals surface area contributed by atoms with Crippen LogP contribution in [0.25, 0.3) is 0 Å². The molecule has 64 valence electrons. The number of halogens is 2. The molecule has 2 heteroatoms. The van der Waals surface area contributed by atoms with E-state index in [1.165, 1.54) is 11.1 Å². The molecule has 0 N–H and O–H groups in total. The highest BCUT2D eigenvalue weighted by molar-refractivity contribution is 9.10. The summed E-state index contributed by atoms with van der Waals surface area (Å²) >= 11 is 3.19. The molecule has 1 aliphatic rings. The first-order valence-corrected chi connectivity index (χ1v) is 4.93. The van der Waals surface area contributed by atoms with Gasteiger partial charge in [-0.3, -0.25) is 0 Å². The number of benzene rings is 1. The van der Waals surface area contributed by atoms with Crippen LogP contribution in [0.2, 0.25) is 0 Å². The van der Waals surface area contributed by atoms with Gasteiger partial charge in [-0.2, -0.15) is 0 Å². The van der Waals surface area contributed by atoms with Crippen molar-refractivity contribution in [3.05, 3.63) is 33.5 Å². The second kappa shape index (κ2) is 2.84. The lowest BCUT2D eigenvalue weighted by molar-refractivity contribution is 0.615. The third-order valence-electron chi connectivity index (χ3n) is 2.38. The highest BCUT2D eigenvalue weighted by atomic mass is 79.9. The zero-order valence-electron chi connectivity index (χ0n) is 6.90. The average Bonchev–Trinajstić information content (AvgIpc) is 2.30. The van der Waals surface area contributed by atoms with Gasteiger partial charge in [0.25, 0.3) is 0 Å². The standard InChI is InChI=1S/C10H10BrF/c1-6-2-7-4-9(11)10(12)5-8(7)3-6/h4-6H,2-3H2,1H3. The van der Waals surface area contributed by atoms with E-state index in [4.69, 9.17) is 0 Å². The first-order valence-electron chi connectivity index (χ1n) is 4.13. The Hall–Kier alpha value is -0.370. The van der Waals surface area contributed by atoms with Gasteiger partial charge in [0.1, 0.15) is 5.82 Å². The summed E-state index contributed by atoms with van der Waals surface area (Å²) in [6, 6.07) is 3.57. The van der Waals surface area contributed by atoms with Gasteiger partial charge >= 0.3 is 0 Å². The molecular formula is C10H10BrF. The molecular weight excluding hydrogens is 219 g/mol. The molecule has 1 unspecified atom stereocenters.